The molecule has 2 nitrogen and oxygen atoms in total. The number of para-hydroxylation sites is 1. The molecule has 4 aromatic heterocycles. The number of benzene rings is 3. The van der Waals surface area contributed by atoms with Crippen LogP contribution in [0.3, 0.4) is 0 Å². The van der Waals surface area contributed by atoms with Gasteiger partial charge in [-0.25, -0.2) is 0 Å². The maximum Gasteiger partial charge on any atom is 0.109 e. The number of nitrogens with zero attached hydrogens (tertiary/aromatic N) is 2. The largest absolute Gasteiger partial charge is 0.299 e. The van der Waals surface area contributed by atoms with E-state index in [0.717, 1.165) is 5.69 Å². The van der Waals surface area contributed by atoms with E-state index in [1.54, 1.807) is 0 Å². The lowest BCUT2D eigenvalue weighted by Gasteiger charge is -2.03. The summed E-state index contributed by atoms with van der Waals surface area (Å²) in [6.07, 6.45) is 1.87. The van der Waals surface area contributed by atoms with Crippen LogP contribution in [0, 0.1) is 6.92 Å². The van der Waals surface area contributed by atoms with Gasteiger partial charge in [0.15, 0.2) is 0 Å². The van der Waals surface area contributed by atoms with Gasteiger partial charge in [-0.1, -0.05) is 48.0 Å². The Morgan fingerprint density at radius 3 is 2.59 bits per heavy atom. The summed E-state index contributed by atoms with van der Waals surface area (Å²) in [7, 11) is 0. The molecule has 0 fully saturated rings. The van der Waals surface area contributed by atoms with E-state index in [2.05, 4.69) is 83.0 Å². The van der Waals surface area contributed by atoms with Crippen LogP contribution < -0.4 is 0 Å². The quantitative estimate of drug-likeness (QED) is 0.286. The fourth-order valence-electron chi connectivity index (χ4n) is 4.81. The van der Waals surface area contributed by atoms with Gasteiger partial charge in [0.2, 0.25) is 0 Å². The van der Waals surface area contributed by atoms with Crippen LogP contribution in [0.4, 0.5) is 0 Å². The van der Waals surface area contributed by atoms with Crippen molar-refractivity contribution in [2.45, 2.75) is 6.92 Å². The van der Waals surface area contributed by atoms with Crippen LogP contribution in [0.15, 0.2) is 79.0 Å². The van der Waals surface area contributed by atoms with Crippen molar-refractivity contribution in [1.29, 1.82) is 0 Å². The van der Waals surface area contributed by atoms with Crippen molar-refractivity contribution in [2.24, 2.45) is 0 Å². The number of fused-ring (bicyclic) bond motifs is 8. The third-order valence-electron chi connectivity index (χ3n) is 6.03. The second-order valence-electron chi connectivity index (χ2n) is 7.77. The number of hydrogen-bond donors (Lipinski definition) is 0. The van der Waals surface area contributed by atoms with Crippen molar-refractivity contribution in [2.75, 3.05) is 0 Å². The molecule has 0 N–H and O–H groups in total. The predicted octanol–water partition coefficient (Wildman–Crippen LogP) is 7.42. The lowest BCUT2D eigenvalue weighted by molar-refractivity contribution is 1.34. The molecule has 0 aliphatic heterocycles. The van der Waals surface area contributed by atoms with E-state index in [-0.39, 0.29) is 0 Å². The van der Waals surface area contributed by atoms with Crippen molar-refractivity contribution in [3.63, 3.8) is 0 Å². The zero-order valence-electron chi connectivity index (χ0n) is 15.8. The first kappa shape index (κ1) is 15.5. The molecular weight excluding hydrogens is 372 g/mol. The summed E-state index contributed by atoms with van der Waals surface area (Å²) < 4.78 is 2.46. The number of thiophene rings is 1. The van der Waals surface area contributed by atoms with Crippen LogP contribution in [0.25, 0.3) is 58.8 Å². The van der Waals surface area contributed by atoms with Crippen molar-refractivity contribution in [3.8, 4) is 10.6 Å². The van der Waals surface area contributed by atoms with E-state index in [0.29, 0.717) is 0 Å². The Kier molecular flexibility index (Phi) is 2.85. The summed E-state index contributed by atoms with van der Waals surface area (Å²) in [4.78, 5) is 7.12. The Bertz CT molecular complexity index is 1700. The molecule has 0 aliphatic carbocycles. The van der Waals surface area contributed by atoms with Gasteiger partial charge in [0.05, 0.1) is 21.6 Å². The second kappa shape index (κ2) is 5.34. The van der Waals surface area contributed by atoms with Gasteiger partial charge in [-0.3, -0.25) is 9.38 Å². The molecule has 0 aliphatic rings. The summed E-state index contributed by atoms with van der Waals surface area (Å²) in [5, 5.41) is 8.00. The zero-order chi connectivity index (χ0) is 19.1. The van der Waals surface area contributed by atoms with Crippen LogP contribution in [-0.2, 0) is 0 Å². The van der Waals surface area contributed by atoms with E-state index >= 15 is 0 Å². The Balaban J connectivity index is 1.78. The summed E-state index contributed by atoms with van der Waals surface area (Å²) in [6, 6.07) is 26.4. The molecule has 3 heteroatoms. The minimum atomic E-state index is 1.04. The summed E-state index contributed by atoms with van der Waals surface area (Å²) >= 11 is 1.84. The molecule has 0 saturated heterocycles. The fourth-order valence-corrected chi connectivity index (χ4v) is 5.98. The molecule has 7 aromatic rings. The maximum absolute atomic E-state index is 4.59. The van der Waals surface area contributed by atoms with Gasteiger partial charge < -0.3 is 0 Å². The van der Waals surface area contributed by atoms with E-state index < -0.39 is 0 Å². The molecule has 4 heterocycles. The minimum absolute atomic E-state index is 1.04. The first-order valence-corrected chi connectivity index (χ1v) is 10.6. The SMILES string of the molecule is Cc1ccc2c(c1)cc1c3ccccc3n3c4sc(-c5ccccn5)cc4c2c13. The highest BCUT2D eigenvalue weighted by molar-refractivity contribution is 7.22. The molecular formula is C26H16N2S. The van der Waals surface area contributed by atoms with Crippen LogP contribution in [0.2, 0.25) is 0 Å². The lowest BCUT2D eigenvalue weighted by atomic mass is 9.99. The van der Waals surface area contributed by atoms with Crippen LogP contribution in [0.1, 0.15) is 5.56 Å². The summed E-state index contributed by atoms with van der Waals surface area (Å²) in [5.41, 5.74) is 4.96. The van der Waals surface area contributed by atoms with Crippen LogP contribution in [-0.4, -0.2) is 9.38 Å². The normalized spacial score (nSPS) is 12.3. The highest BCUT2D eigenvalue weighted by atomic mass is 32.1. The minimum Gasteiger partial charge on any atom is -0.299 e. The van der Waals surface area contributed by atoms with Gasteiger partial charge in [-0.2, -0.15) is 0 Å². The van der Waals surface area contributed by atoms with Gasteiger partial charge in [-0.15, -0.1) is 11.3 Å². The standard InChI is InChI=1S/C26H16N2S/c1-15-9-10-17-16(12-15)13-19-18-6-2-3-8-22(18)28-25(19)24(17)20-14-23(29-26(20)28)21-7-4-5-11-27-21/h2-14H,1H3. The highest BCUT2D eigenvalue weighted by Crippen LogP contribution is 2.46. The lowest BCUT2D eigenvalue weighted by Crippen LogP contribution is -1.80. The Morgan fingerprint density at radius 2 is 1.69 bits per heavy atom. The average molecular weight is 388 g/mol. The number of rotatable bonds is 1. The Labute approximate surface area is 171 Å². The third-order valence-corrected chi connectivity index (χ3v) is 7.17. The third kappa shape index (κ3) is 1.93. The number of hydrogen-bond acceptors (Lipinski definition) is 2. The summed E-state index contributed by atoms with van der Waals surface area (Å²) in [6.45, 7) is 2.17. The summed E-state index contributed by atoms with van der Waals surface area (Å²) in [5.74, 6) is 0. The smallest absolute Gasteiger partial charge is 0.109 e. The molecule has 0 bridgehead atoms. The molecule has 3 aromatic carbocycles. The van der Waals surface area contributed by atoms with E-state index in [4.69, 9.17) is 0 Å². The van der Waals surface area contributed by atoms with E-state index in [9.17, 15) is 0 Å². The molecule has 136 valence electrons. The molecule has 29 heavy (non-hydrogen) atoms. The molecule has 0 amide bonds. The topological polar surface area (TPSA) is 17.3 Å². The highest BCUT2D eigenvalue weighted by Gasteiger charge is 2.22. The maximum atomic E-state index is 4.59. The first-order valence-electron chi connectivity index (χ1n) is 9.82. The first-order chi connectivity index (χ1) is 14.3. The fraction of sp³-hybridized carbons (Fsp3) is 0.0385. The zero-order valence-corrected chi connectivity index (χ0v) is 16.6. The van der Waals surface area contributed by atoms with Crippen LogP contribution >= 0.6 is 11.3 Å². The average Bonchev–Trinajstić information content (AvgIpc) is 3.40. The van der Waals surface area contributed by atoms with Crippen molar-refractivity contribution in [3.05, 3.63) is 84.6 Å². The number of aromatic nitrogens is 2. The number of pyridine rings is 1. The van der Waals surface area contributed by atoms with Gasteiger partial charge >= 0.3 is 0 Å². The van der Waals surface area contributed by atoms with Gasteiger partial charge in [0.1, 0.15) is 4.83 Å². The second-order valence-corrected chi connectivity index (χ2v) is 8.80. The van der Waals surface area contributed by atoms with Gasteiger partial charge in [0.25, 0.3) is 0 Å². The monoisotopic (exact) mass is 388 g/mol. The molecule has 0 atom stereocenters. The van der Waals surface area contributed by atoms with E-state index in [1.807, 2.05) is 23.6 Å². The van der Waals surface area contributed by atoms with Gasteiger partial charge in [0, 0.05) is 27.7 Å². The van der Waals surface area contributed by atoms with Gasteiger partial charge in [-0.05, 0) is 48.0 Å². The number of aryl methyl sites for hydroxylation is 1. The Hall–Kier alpha value is -3.43. The molecule has 0 spiro atoms. The van der Waals surface area contributed by atoms with Crippen molar-refractivity contribution in [1.82, 2.24) is 9.38 Å². The predicted molar refractivity (Wildman–Crippen MR) is 124 cm³/mol. The molecule has 0 unspecified atom stereocenters. The molecule has 0 radical (unpaired) electrons. The van der Waals surface area contributed by atoms with Crippen molar-refractivity contribution < 1.29 is 0 Å². The van der Waals surface area contributed by atoms with E-state index in [1.165, 1.54) is 58.6 Å². The van der Waals surface area contributed by atoms with Crippen molar-refractivity contribution >= 4 is 59.5 Å². The van der Waals surface area contributed by atoms with Crippen LogP contribution in [0.5, 0.6) is 0 Å². The molecule has 0 saturated carbocycles. The Morgan fingerprint density at radius 1 is 0.793 bits per heavy atom. The molecule has 7 rings (SSSR count).